The van der Waals surface area contributed by atoms with Crippen LogP contribution >= 0.6 is 15.9 Å². The number of nitrogens with zero attached hydrogens (tertiary/aromatic N) is 1. The molecule has 0 saturated carbocycles. The molecule has 1 N–H and O–H groups in total. The minimum absolute atomic E-state index is 0.0862. The first kappa shape index (κ1) is 24.7. The quantitative estimate of drug-likeness (QED) is 0.164. The van der Waals surface area contributed by atoms with Gasteiger partial charge in [0, 0.05) is 15.7 Å². The Balaban J connectivity index is 1.64. The second-order valence-electron chi connectivity index (χ2n) is 7.81. The van der Waals surface area contributed by atoms with E-state index in [4.69, 9.17) is 4.74 Å². The molecule has 0 unspecified atom stereocenters. The number of ether oxygens (including phenoxy) is 2. The van der Waals surface area contributed by atoms with Crippen LogP contribution in [0, 0.1) is 11.3 Å². The van der Waals surface area contributed by atoms with Crippen LogP contribution < -0.4 is 10.1 Å². The number of rotatable bonds is 7. The predicted molar refractivity (Wildman–Crippen MR) is 142 cm³/mol. The molecule has 4 aromatic rings. The summed E-state index contributed by atoms with van der Waals surface area (Å²) in [5, 5.41) is 14.3. The summed E-state index contributed by atoms with van der Waals surface area (Å²) >= 11 is 3.43. The lowest BCUT2D eigenvalue weighted by Gasteiger charge is -2.13. The number of fused-ring (bicyclic) bond motifs is 1. The number of carbonyl (C=O) groups is 2. The van der Waals surface area contributed by atoms with Crippen LogP contribution in [0.3, 0.4) is 0 Å². The highest BCUT2D eigenvalue weighted by molar-refractivity contribution is 9.10. The Morgan fingerprint density at radius 3 is 2.39 bits per heavy atom. The summed E-state index contributed by atoms with van der Waals surface area (Å²) in [5.74, 6) is -0.494. The number of hydrogen-bond acceptors (Lipinski definition) is 5. The van der Waals surface area contributed by atoms with E-state index in [0.717, 1.165) is 20.8 Å². The Bertz CT molecular complexity index is 1490. The first-order valence-corrected chi connectivity index (χ1v) is 11.8. The van der Waals surface area contributed by atoms with Gasteiger partial charge in [-0.15, -0.1) is 0 Å². The van der Waals surface area contributed by atoms with Gasteiger partial charge >= 0.3 is 5.97 Å². The molecule has 7 heteroatoms. The van der Waals surface area contributed by atoms with Crippen molar-refractivity contribution in [2.24, 2.45) is 0 Å². The van der Waals surface area contributed by atoms with E-state index in [1.54, 1.807) is 12.1 Å². The largest absolute Gasteiger partial charge is 0.488 e. The molecule has 0 radical (unpaired) electrons. The summed E-state index contributed by atoms with van der Waals surface area (Å²) in [5.41, 5.74) is 2.33. The van der Waals surface area contributed by atoms with Crippen LogP contribution in [0.15, 0.2) is 95.0 Å². The van der Waals surface area contributed by atoms with Crippen molar-refractivity contribution in [3.8, 4) is 11.8 Å². The molecule has 36 heavy (non-hydrogen) atoms. The number of carbonyl (C=O) groups excluding carboxylic acids is 2. The number of nitrogens with one attached hydrogen (secondary N) is 1. The standard InChI is InChI=1S/C29H21BrN2O4/c1-35-29(34)21-8-13-24(14-9-21)32-28(33)22(17-31)16-26-25-5-3-2-4-20(25)10-15-27(26)36-18-19-6-11-23(30)12-7-19/h2-16H,18H2,1H3,(H,32,33)/b22-16+. The van der Waals surface area contributed by atoms with E-state index >= 15 is 0 Å². The molecule has 0 aliphatic carbocycles. The molecule has 0 aliphatic heterocycles. The third-order valence-corrected chi connectivity index (χ3v) is 5.98. The van der Waals surface area contributed by atoms with E-state index < -0.39 is 11.9 Å². The Hall–Kier alpha value is -4.41. The zero-order valence-corrected chi connectivity index (χ0v) is 20.9. The van der Waals surface area contributed by atoms with Crippen LogP contribution in [0.5, 0.6) is 5.75 Å². The fraction of sp³-hybridized carbons (Fsp3) is 0.0690. The van der Waals surface area contributed by atoms with Crippen molar-refractivity contribution in [2.45, 2.75) is 6.61 Å². The molecular formula is C29H21BrN2O4. The Morgan fingerprint density at radius 2 is 1.69 bits per heavy atom. The van der Waals surface area contributed by atoms with Crippen LogP contribution in [0.25, 0.3) is 16.8 Å². The summed E-state index contributed by atoms with van der Waals surface area (Å²) in [6, 6.07) is 27.5. The molecule has 0 fully saturated rings. The van der Waals surface area contributed by atoms with Gasteiger partial charge in [0.15, 0.2) is 0 Å². The second-order valence-corrected chi connectivity index (χ2v) is 8.72. The van der Waals surface area contributed by atoms with Crippen LogP contribution in [-0.4, -0.2) is 19.0 Å². The van der Waals surface area contributed by atoms with Crippen LogP contribution in [0.1, 0.15) is 21.5 Å². The van der Waals surface area contributed by atoms with Crippen molar-refractivity contribution in [1.82, 2.24) is 0 Å². The van der Waals surface area contributed by atoms with Crippen molar-refractivity contribution in [3.63, 3.8) is 0 Å². The lowest BCUT2D eigenvalue weighted by atomic mass is 10.0. The average Bonchev–Trinajstić information content (AvgIpc) is 2.91. The number of esters is 1. The molecule has 0 saturated heterocycles. The number of benzene rings is 4. The van der Waals surface area contributed by atoms with Gasteiger partial charge < -0.3 is 14.8 Å². The van der Waals surface area contributed by atoms with Crippen molar-refractivity contribution in [3.05, 3.63) is 112 Å². The number of nitriles is 1. The SMILES string of the molecule is COC(=O)c1ccc(NC(=O)/C(C#N)=C/c2c(OCc3ccc(Br)cc3)ccc3ccccc23)cc1. The summed E-state index contributed by atoms with van der Waals surface area (Å²) in [6.45, 7) is 0.326. The van der Waals surface area contributed by atoms with Crippen molar-refractivity contribution in [2.75, 3.05) is 12.4 Å². The van der Waals surface area contributed by atoms with E-state index in [9.17, 15) is 14.9 Å². The average molecular weight is 541 g/mol. The van der Waals surface area contributed by atoms with E-state index in [1.165, 1.54) is 25.3 Å². The highest BCUT2D eigenvalue weighted by atomic mass is 79.9. The molecule has 178 valence electrons. The molecule has 1 amide bonds. The van der Waals surface area contributed by atoms with E-state index in [0.29, 0.717) is 29.2 Å². The van der Waals surface area contributed by atoms with Gasteiger partial charge in [-0.05, 0) is 64.9 Å². The van der Waals surface area contributed by atoms with Gasteiger partial charge in [-0.2, -0.15) is 5.26 Å². The van der Waals surface area contributed by atoms with Gasteiger partial charge in [0.2, 0.25) is 0 Å². The van der Waals surface area contributed by atoms with E-state index in [-0.39, 0.29) is 5.57 Å². The number of amides is 1. The van der Waals surface area contributed by atoms with Gasteiger partial charge in [-0.1, -0.05) is 58.4 Å². The highest BCUT2D eigenvalue weighted by Crippen LogP contribution is 2.31. The van der Waals surface area contributed by atoms with Gasteiger partial charge in [0.25, 0.3) is 5.91 Å². The summed E-state index contributed by atoms with van der Waals surface area (Å²) in [6.07, 6.45) is 1.54. The third kappa shape index (κ3) is 5.80. The third-order valence-electron chi connectivity index (χ3n) is 5.46. The maximum absolute atomic E-state index is 12.9. The fourth-order valence-corrected chi connectivity index (χ4v) is 3.86. The molecule has 6 nitrogen and oxygen atoms in total. The summed E-state index contributed by atoms with van der Waals surface area (Å²) in [7, 11) is 1.30. The normalized spacial score (nSPS) is 11.0. The first-order chi connectivity index (χ1) is 17.5. The van der Waals surface area contributed by atoms with Crippen LogP contribution in [0.4, 0.5) is 5.69 Å². The Kier molecular flexibility index (Phi) is 7.79. The molecule has 0 aliphatic rings. The maximum Gasteiger partial charge on any atom is 0.337 e. The van der Waals surface area contributed by atoms with Gasteiger partial charge in [-0.25, -0.2) is 4.79 Å². The predicted octanol–water partition coefficient (Wildman–Crippen LogP) is 6.51. The molecule has 4 aromatic carbocycles. The molecule has 0 atom stereocenters. The first-order valence-electron chi connectivity index (χ1n) is 11.0. The van der Waals surface area contributed by atoms with E-state index in [1.807, 2.05) is 66.7 Å². The van der Waals surface area contributed by atoms with Gasteiger partial charge in [0.1, 0.15) is 24.0 Å². The molecule has 0 bridgehead atoms. The monoisotopic (exact) mass is 540 g/mol. The van der Waals surface area contributed by atoms with Crippen molar-refractivity contribution >= 4 is 50.3 Å². The summed E-state index contributed by atoms with van der Waals surface area (Å²) in [4.78, 5) is 24.6. The van der Waals surface area contributed by atoms with Gasteiger partial charge in [-0.3, -0.25) is 4.79 Å². The maximum atomic E-state index is 12.9. The van der Waals surface area contributed by atoms with Crippen molar-refractivity contribution in [1.29, 1.82) is 5.26 Å². The fourth-order valence-electron chi connectivity index (χ4n) is 3.59. The second kappa shape index (κ2) is 11.3. The molecule has 0 spiro atoms. The van der Waals surface area contributed by atoms with Crippen molar-refractivity contribution < 1.29 is 19.1 Å². The molecule has 0 heterocycles. The topological polar surface area (TPSA) is 88.4 Å². The van der Waals surface area contributed by atoms with Crippen LogP contribution in [-0.2, 0) is 16.1 Å². The number of hydrogen-bond donors (Lipinski definition) is 1. The van der Waals surface area contributed by atoms with Gasteiger partial charge in [0.05, 0.1) is 12.7 Å². The Labute approximate surface area is 216 Å². The number of halogens is 1. The zero-order chi connectivity index (χ0) is 25.5. The van der Waals surface area contributed by atoms with E-state index in [2.05, 4.69) is 26.0 Å². The summed E-state index contributed by atoms with van der Waals surface area (Å²) < 4.78 is 11.8. The minimum Gasteiger partial charge on any atom is -0.488 e. The smallest absolute Gasteiger partial charge is 0.337 e. The lowest BCUT2D eigenvalue weighted by molar-refractivity contribution is -0.112. The zero-order valence-electron chi connectivity index (χ0n) is 19.3. The molecule has 4 rings (SSSR count). The lowest BCUT2D eigenvalue weighted by Crippen LogP contribution is -2.13. The Morgan fingerprint density at radius 1 is 0.972 bits per heavy atom. The minimum atomic E-state index is -0.574. The molecular weight excluding hydrogens is 520 g/mol. The molecule has 0 aromatic heterocycles. The number of methoxy groups -OCH3 is 1. The highest BCUT2D eigenvalue weighted by Gasteiger charge is 2.14. The van der Waals surface area contributed by atoms with Crippen LogP contribution in [0.2, 0.25) is 0 Å². The number of anilines is 1.